The van der Waals surface area contributed by atoms with Gasteiger partial charge >= 0.3 is 6.03 Å². The summed E-state index contributed by atoms with van der Waals surface area (Å²) in [6, 6.07) is 3.80. The van der Waals surface area contributed by atoms with Crippen LogP contribution in [0.3, 0.4) is 0 Å². The maximum atomic E-state index is 13.0. The molecule has 4 heterocycles. The maximum absolute atomic E-state index is 13.0. The van der Waals surface area contributed by atoms with Gasteiger partial charge in [-0.3, -0.25) is 9.78 Å². The summed E-state index contributed by atoms with van der Waals surface area (Å²) in [5.74, 6) is 0.132. The zero-order chi connectivity index (χ0) is 16.6. The number of amides is 3. The van der Waals surface area contributed by atoms with Crippen LogP contribution in [0, 0.1) is 5.41 Å². The van der Waals surface area contributed by atoms with Gasteiger partial charge in [-0.25, -0.2) is 4.79 Å². The lowest BCUT2D eigenvalue weighted by molar-refractivity contribution is -0.124. The van der Waals surface area contributed by atoms with E-state index in [1.165, 1.54) is 0 Å². The van der Waals surface area contributed by atoms with Gasteiger partial charge in [0.15, 0.2) is 0 Å². The fraction of sp³-hybridized carbons (Fsp3) is 0.588. The first kappa shape index (κ1) is 15.4. The van der Waals surface area contributed by atoms with Crippen molar-refractivity contribution < 1.29 is 14.3 Å². The quantitative estimate of drug-likeness (QED) is 0.769. The molecule has 0 bridgehead atoms. The molecule has 0 aliphatic carbocycles. The van der Waals surface area contributed by atoms with Crippen LogP contribution in [0.5, 0.6) is 0 Å². The summed E-state index contributed by atoms with van der Waals surface area (Å²) < 4.78 is 5.31. The number of hydrogen-bond acceptors (Lipinski definition) is 4. The van der Waals surface area contributed by atoms with Crippen molar-refractivity contribution in [1.29, 1.82) is 0 Å². The molecule has 0 N–H and O–H groups in total. The highest BCUT2D eigenvalue weighted by atomic mass is 16.5. The first-order chi connectivity index (χ1) is 11.7. The first-order valence-electron chi connectivity index (χ1n) is 8.53. The second kappa shape index (κ2) is 6.05. The van der Waals surface area contributed by atoms with Crippen molar-refractivity contribution in [3.8, 4) is 0 Å². The van der Waals surface area contributed by atoms with Crippen LogP contribution in [0.4, 0.5) is 10.5 Å². The van der Waals surface area contributed by atoms with Crippen LogP contribution in [-0.2, 0) is 9.53 Å². The number of carbonyl (C=O) groups is 2. The van der Waals surface area contributed by atoms with Crippen molar-refractivity contribution in [2.75, 3.05) is 50.8 Å². The van der Waals surface area contributed by atoms with Crippen LogP contribution < -0.4 is 4.90 Å². The molecule has 1 unspecified atom stereocenters. The molecule has 0 aromatic carbocycles. The molecule has 24 heavy (non-hydrogen) atoms. The summed E-state index contributed by atoms with van der Waals surface area (Å²) in [7, 11) is 0. The number of likely N-dealkylation sites (tertiary alicyclic amines) is 1. The first-order valence-corrected chi connectivity index (χ1v) is 8.53. The Kier molecular flexibility index (Phi) is 3.88. The molecule has 0 saturated carbocycles. The van der Waals surface area contributed by atoms with E-state index < -0.39 is 5.41 Å². The molecule has 3 saturated heterocycles. The Morgan fingerprint density at radius 1 is 1.12 bits per heavy atom. The van der Waals surface area contributed by atoms with Crippen LogP contribution in [0.1, 0.15) is 12.8 Å². The third-order valence-electron chi connectivity index (χ3n) is 5.38. The van der Waals surface area contributed by atoms with Crippen LogP contribution in [-0.4, -0.2) is 72.7 Å². The molecule has 3 amide bonds. The fourth-order valence-corrected chi connectivity index (χ4v) is 3.95. The average molecular weight is 330 g/mol. The number of aromatic nitrogens is 1. The highest BCUT2D eigenvalue weighted by molar-refractivity contribution is 6.00. The smallest absolute Gasteiger partial charge is 0.320 e. The molecular formula is C17H22N4O3. The predicted molar refractivity (Wildman–Crippen MR) is 87.6 cm³/mol. The molecule has 3 aliphatic heterocycles. The van der Waals surface area contributed by atoms with Crippen molar-refractivity contribution in [3.05, 3.63) is 24.5 Å². The summed E-state index contributed by atoms with van der Waals surface area (Å²) in [5.41, 5.74) is 0.426. The number of pyridine rings is 1. The Morgan fingerprint density at radius 3 is 2.67 bits per heavy atom. The minimum absolute atomic E-state index is 0.0443. The van der Waals surface area contributed by atoms with Gasteiger partial charge in [-0.05, 0) is 25.0 Å². The molecular weight excluding hydrogens is 308 g/mol. The molecule has 1 atom stereocenters. The number of nitrogens with zero attached hydrogens (tertiary/aromatic N) is 4. The van der Waals surface area contributed by atoms with Crippen LogP contribution >= 0.6 is 0 Å². The van der Waals surface area contributed by atoms with Gasteiger partial charge in [-0.1, -0.05) is 0 Å². The lowest BCUT2D eigenvalue weighted by atomic mass is 9.85. The van der Waals surface area contributed by atoms with E-state index >= 15 is 0 Å². The largest absolute Gasteiger partial charge is 0.378 e. The van der Waals surface area contributed by atoms with E-state index in [2.05, 4.69) is 4.98 Å². The molecule has 1 aromatic heterocycles. The second-order valence-electron chi connectivity index (χ2n) is 6.75. The third kappa shape index (κ3) is 2.53. The van der Waals surface area contributed by atoms with Gasteiger partial charge in [-0.15, -0.1) is 0 Å². The van der Waals surface area contributed by atoms with Crippen molar-refractivity contribution in [3.63, 3.8) is 0 Å². The monoisotopic (exact) mass is 330 g/mol. The Hall–Kier alpha value is -2.15. The third-order valence-corrected chi connectivity index (χ3v) is 5.38. The summed E-state index contributed by atoms with van der Waals surface area (Å²) >= 11 is 0. The molecule has 4 rings (SSSR count). The Bertz CT molecular complexity index is 632. The van der Waals surface area contributed by atoms with E-state index in [4.69, 9.17) is 4.74 Å². The zero-order valence-corrected chi connectivity index (χ0v) is 13.7. The topological polar surface area (TPSA) is 66.0 Å². The number of hydrogen-bond donors (Lipinski definition) is 0. The standard InChI is InChI=1S/C17H22N4O3/c22-15-17(4-7-21(15)14-2-1-5-18-12-14)3-6-20(13-17)16(23)19-8-10-24-11-9-19/h1-2,5,12H,3-4,6-11,13H2. The average Bonchev–Trinajstić information content (AvgIpc) is 3.21. The number of carbonyl (C=O) groups excluding carboxylic acids is 2. The fourth-order valence-electron chi connectivity index (χ4n) is 3.95. The second-order valence-corrected chi connectivity index (χ2v) is 6.75. The molecule has 1 aromatic rings. The molecule has 7 heteroatoms. The zero-order valence-electron chi connectivity index (χ0n) is 13.7. The number of morpholine rings is 1. The van der Waals surface area contributed by atoms with Crippen LogP contribution in [0.2, 0.25) is 0 Å². The van der Waals surface area contributed by atoms with Crippen molar-refractivity contribution in [1.82, 2.24) is 14.8 Å². The van der Waals surface area contributed by atoms with E-state index in [0.29, 0.717) is 45.9 Å². The summed E-state index contributed by atoms with van der Waals surface area (Å²) in [4.78, 5) is 35.3. The van der Waals surface area contributed by atoms with Gasteiger partial charge in [0.2, 0.25) is 5.91 Å². The van der Waals surface area contributed by atoms with E-state index in [1.54, 1.807) is 12.4 Å². The Balaban J connectivity index is 1.46. The minimum atomic E-state index is -0.419. The van der Waals surface area contributed by atoms with Crippen molar-refractivity contribution >= 4 is 17.6 Å². The number of ether oxygens (including phenoxy) is 1. The Morgan fingerprint density at radius 2 is 1.92 bits per heavy atom. The summed E-state index contributed by atoms with van der Waals surface area (Å²) in [5, 5.41) is 0. The van der Waals surface area contributed by atoms with Crippen LogP contribution in [0.15, 0.2) is 24.5 Å². The highest BCUT2D eigenvalue weighted by Gasteiger charge is 2.52. The normalized spacial score (nSPS) is 27.3. The molecule has 3 fully saturated rings. The SMILES string of the molecule is O=C(N1CCOCC1)N1CCC2(CCN(c3cccnc3)C2=O)C1. The van der Waals surface area contributed by atoms with Crippen LogP contribution in [0.25, 0.3) is 0 Å². The summed E-state index contributed by atoms with van der Waals surface area (Å²) in [6.07, 6.45) is 4.98. The number of rotatable bonds is 1. The number of urea groups is 1. The van der Waals surface area contributed by atoms with Gasteiger partial charge in [0.25, 0.3) is 0 Å². The molecule has 0 radical (unpaired) electrons. The molecule has 7 nitrogen and oxygen atoms in total. The van der Waals surface area contributed by atoms with Gasteiger partial charge in [0.1, 0.15) is 0 Å². The Labute approximate surface area is 141 Å². The highest BCUT2D eigenvalue weighted by Crippen LogP contribution is 2.42. The van der Waals surface area contributed by atoms with Gasteiger partial charge < -0.3 is 19.4 Å². The lowest BCUT2D eigenvalue weighted by Gasteiger charge is -2.31. The van der Waals surface area contributed by atoms with E-state index in [-0.39, 0.29) is 11.9 Å². The van der Waals surface area contributed by atoms with E-state index in [0.717, 1.165) is 18.5 Å². The molecule has 3 aliphatic rings. The van der Waals surface area contributed by atoms with Gasteiger partial charge in [0.05, 0.1) is 30.5 Å². The molecule has 1 spiro atoms. The number of anilines is 1. The van der Waals surface area contributed by atoms with Crippen molar-refractivity contribution in [2.24, 2.45) is 5.41 Å². The maximum Gasteiger partial charge on any atom is 0.320 e. The van der Waals surface area contributed by atoms with E-state index in [9.17, 15) is 9.59 Å². The predicted octanol–water partition coefficient (Wildman–Crippen LogP) is 0.963. The van der Waals surface area contributed by atoms with E-state index in [1.807, 2.05) is 26.8 Å². The van der Waals surface area contributed by atoms with Gasteiger partial charge in [0, 0.05) is 38.9 Å². The van der Waals surface area contributed by atoms with Crippen molar-refractivity contribution in [2.45, 2.75) is 12.8 Å². The summed E-state index contributed by atoms with van der Waals surface area (Å²) in [6.45, 7) is 4.35. The minimum Gasteiger partial charge on any atom is -0.378 e. The van der Waals surface area contributed by atoms with Gasteiger partial charge in [-0.2, -0.15) is 0 Å². The molecule has 128 valence electrons. The lowest BCUT2D eigenvalue weighted by Crippen LogP contribution is -2.48.